The Kier molecular flexibility index (Phi) is 2.70. The summed E-state index contributed by atoms with van der Waals surface area (Å²) >= 11 is 0. The molecule has 0 aromatic heterocycles. The second-order valence-corrected chi connectivity index (χ2v) is 2.04. The van der Waals surface area contributed by atoms with Crippen LogP contribution in [0.2, 0.25) is 0 Å². The van der Waals surface area contributed by atoms with Gasteiger partial charge in [-0.3, -0.25) is 0 Å². The van der Waals surface area contributed by atoms with Gasteiger partial charge in [0, 0.05) is 6.54 Å². The monoisotopic (exact) mass is 129 g/mol. The highest BCUT2D eigenvalue weighted by Crippen LogP contribution is 2.02. The maximum Gasteiger partial charge on any atom is 0.0690 e. The number of hydrogen-bond donors (Lipinski definition) is 2. The van der Waals surface area contributed by atoms with Gasteiger partial charge in [0.05, 0.1) is 13.2 Å². The van der Waals surface area contributed by atoms with Crippen molar-refractivity contribution in [2.24, 2.45) is 0 Å². The standard InChI is InChI=1S/C6H11NO2/c8-7-4-6-2-1-3-9-5-6/h2,7-8H,1,3-5H2. The van der Waals surface area contributed by atoms with Gasteiger partial charge in [-0.2, -0.15) is 0 Å². The van der Waals surface area contributed by atoms with E-state index in [0.29, 0.717) is 13.2 Å². The van der Waals surface area contributed by atoms with Gasteiger partial charge in [-0.25, -0.2) is 5.48 Å². The number of nitrogens with one attached hydrogen (secondary N) is 1. The van der Waals surface area contributed by atoms with E-state index < -0.39 is 0 Å². The maximum atomic E-state index is 8.27. The first-order valence-corrected chi connectivity index (χ1v) is 3.06. The molecule has 9 heavy (non-hydrogen) atoms. The summed E-state index contributed by atoms with van der Waals surface area (Å²) < 4.78 is 5.12. The average molecular weight is 129 g/mol. The van der Waals surface area contributed by atoms with Crippen LogP contribution in [-0.4, -0.2) is 25.0 Å². The van der Waals surface area contributed by atoms with Gasteiger partial charge in [0.25, 0.3) is 0 Å². The molecule has 0 saturated heterocycles. The molecule has 0 aromatic carbocycles. The number of hydrogen-bond acceptors (Lipinski definition) is 3. The van der Waals surface area contributed by atoms with Gasteiger partial charge in [-0.15, -0.1) is 0 Å². The maximum absolute atomic E-state index is 8.27. The van der Waals surface area contributed by atoms with Gasteiger partial charge < -0.3 is 9.94 Å². The van der Waals surface area contributed by atoms with E-state index in [1.807, 2.05) is 0 Å². The lowest BCUT2D eigenvalue weighted by atomic mass is 10.2. The molecule has 1 aliphatic rings. The fraction of sp³-hybridized carbons (Fsp3) is 0.667. The molecule has 2 N–H and O–H groups in total. The molecule has 3 nitrogen and oxygen atoms in total. The highest BCUT2D eigenvalue weighted by atomic mass is 16.5. The van der Waals surface area contributed by atoms with Crippen molar-refractivity contribution in [3.05, 3.63) is 11.6 Å². The van der Waals surface area contributed by atoms with Gasteiger partial charge >= 0.3 is 0 Å². The summed E-state index contributed by atoms with van der Waals surface area (Å²) in [5.41, 5.74) is 3.22. The molecule has 0 amide bonds. The summed E-state index contributed by atoms with van der Waals surface area (Å²) in [7, 11) is 0. The van der Waals surface area contributed by atoms with Crippen LogP contribution >= 0.6 is 0 Å². The fourth-order valence-electron chi connectivity index (χ4n) is 0.833. The lowest BCUT2D eigenvalue weighted by molar-refractivity contribution is 0.132. The zero-order valence-electron chi connectivity index (χ0n) is 5.26. The largest absolute Gasteiger partial charge is 0.377 e. The van der Waals surface area contributed by atoms with Crippen LogP contribution in [0.5, 0.6) is 0 Å². The molecule has 1 rings (SSSR count). The molecule has 0 saturated carbocycles. The van der Waals surface area contributed by atoms with Crippen LogP contribution in [0, 0.1) is 0 Å². The molecule has 0 aliphatic carbocycles. The van der Waals surface area contributed by atoms with E-state index in [9.17, 15) is 0 Å². The van der Waals surface area contributed by atoms with Crippen molar-refractivity contribution >= 4 is 0 Å². The molecule has 0 fully saturated rings. The van der Waals surface area contributed by atoms with Gasteiger partial charge in [-0.05, 0) is 12.0 Å². The molecule has 0 unspecified atom stereocenters. The van der Waals surface area contributed by atoms with Crippen LogP contribution in [0.4, 0.5) is 0 Å². The van der Waals surface area contributed by atoms with E-state index in [4.69, 9.17) is 9.94 Å². The quantitative estimate of drug-likeness (QED) is 0.416. The predicted octanol–water partition coefficient (Wildman–Crippen LogP) is 0.312. The summed E-state index contributed by atoms with van der Waals surface area (Å²) in [6.07, 6.45) is 3.06. The molecule has 1 aliphatic heterocycles. The van der Waals surface area contributed by atoms with Crippen molar-refractivity contribution in [1.82, 2.24) is 5.48 Å². The Balaban J connectivity index is 2.28. The second-order valence-electron chi connectivity index (χ2n) is 2.04. The Morgan fingerprint density at radius 2 is 2.67 bits per heavy atom. The molecular weight excluding hydrogens is 118 g/mol. The average Bonchev–Trinajstić information content (AvgIpc) is 1.91. The van der Waals surface area contributed by atoms with Gasteiger partial charge in [0.1, 0.15) is 0 Å². The van der Waals surface area contributed by atoms with E-state index in [-0.39, 0.29) is 0 Å². The lowest BCUT2D eigenvalue weighted by Crippen LogP contribution is -2.17. The van der Waals surface area contributed by atoms with Crippen LogP contribution in [-0.2, 0) is 4.74 Å². The summed E-state index contributed by atoms with van der Waals surface area (Å²) in [5, 5.41) is 8.27. The Labute approximate surface area is 54.3 Å². The molecule has 0 aromatic rings. The van der Waals surface area contributed by atoms with Crippen molar-refractivity contribution in [3.63, 3.8) is 0 Å². The molecule has 0 spiro atoms. The SMILES string of the molecule is ONCC1=CCCOC1. The third-order valence-electron chi connectivity index (χ3n) is 1.29. The van der Waals surface area contributed by atoms with Crippen molar-refractivity contribution < 1.29 is 9.94 Å². The van der Waals surface area contributed by atoms with Crippen LogP contribution in [0.25, 0.3) is 0 Å². The minimum Gasteiger partial charge on any atom is -0.377 e. The highest BCUT2D eigenvalue weighted by molar-refractivity contribution is 5.05. The molecule has 0 bridgehead atoms. The summed E-state index contributed by atoms with van der Waals surface area (Å²) in [4.78, 5) is 0. The molecule has 52 valence electrons. The summed E-state index contributed by atoms with van der Waals surface area (Å²) in [6.45, 7) is 2.00. The Morgan fingerprint density at radius 3 is 3.22 bits per heavy atom. The van der Waals surface area contributed by atoms with Crippen molar-refractivity contribution in [2.75, 3.05) is 19.8 Å². The minimum absolute atomic E-state index is 0.528. The lowest BCUT2D eigenvalue weighted by Gasteiger charge is -2.11. The number of ether oxygens (including phenoxy) is 1. The van der Waals surface area contributed by atoms with Crippen LogP contribution < -0.4 is 5.48 Å². The first-order valence-electron chi connectivity index (χ1n) is 3.06. The minimum atomic E-state index is 0.528. The van der Waals surface area contributed by atoms with Crippen LogP contribution in [0.1, 0.15) is 6.42 Å². The molecular formula is C6H11NO2. The number of rotatable bonds is 2. The van der Waals surface area contributed by atoms with Crippen molar-refractivity contribution in [3.8, 4) is 0 Å². The fourth-order valence-corrected chi connectivity index (χ4v) is 0.833. The van der Waals surface area contributed by atoms with Crippen LogP contribution in [0.15, 0.2) is 11.6 Å². The van der Waals surface area contributed by atoms with E-state index >= 15 is 0 Å². The summed E-state index contributed by atoms with van der Waals surface area (Å²) in [5.74, 6) is 0. The molecule has 3 heteroatoms. The van der Waals surface area contributed by atoms with Crippen LogP contribution in [0.3, 0.4) is 0 Å². The first kappa shape index (κ1) is 6.74. The van der Waals surface area contributed by atoms with Crippen molar-refractivity contribution in [1.29, 1.82) is 0 Å². The highest BCUT2D eigenvalue weighted by Gasteiger charge is 2.00. The molecule has 0 atom stereocenters. The predicted molar refractivity (Wildman–Crippen MR) is 33.3 cm³/mol. The zero-order chi connectivity index (χ0) is 6.53. The zero-order valence-corrected chi connectivity index (χ0v) is 5.26. The Morgan fingerprint density at radius 1 is 1.78 bits per heavy atom. The molecule has 1 heterocycles. The third kappa shape index (κ3) is 2.13. The summed E-state index contributed by atoms with van der Waals surface area (Å²) in [6, 6.07) is 0. The normalized spacial score (nSPS) is 19.4. The second kappa shape index (κ2) is 3.61. The van der Waals surface area contributed by atoms with E-state index in [1.54, 1.807) is 0 Å². The smallest absolute Gasteiger partial charge is 0.0690 e. The third-order valence-corrected chi connectivity index (χ3v) is 1.29. The van der Waals surface area contributed by atoms with E-state index in [1.165, 1.54) is 0 Å². The first-order chi connectivity index (χ1) is 4.43. The Hall–Kier alpha value is -0.380. The van der Waals surface area contributed by atoms with Crippen molar-refractivity contribution in [2.45, 2.75) is 6.42 Å². The van der Waals surface area contributed by atoms with Gasteiger partial charge in [0.2, 0.25) is 0 Å². The Bertz CT molecular complexity index is 112. The number of hydroxylamine groups is 1. The van der Waals surface area contributed by atoms with E-state index in [0.717, 1.165) is 18.6 Å². The van der Waals surface area contributed by atoms with Gasteiger partial charge in [-0.1, -0.05) is 6.08 Å². The van der Waals surface area contributed by atoms with Gasteiger partial charge in [0.15, 0.2) is 0 Å². The topological polar surface area (TPSA) is 41.5 Å². The molecule has 0 radical (unpaired) electrons. The van der Waals surface area contributed by atoms with E-state index in [2.05, 4.69) is 11.6 Å².